The van der Waals surface area contributed by atoms with Crippen LogP contribution in [-0.4, -0.2) is 18.6 Å². The second kappa shape index (κ2) is 17.0. The van der Waals surface area contributed by atoms with E-state index in [4.69, 9.17) is 14.5 Å². The molecule has 2 aliphatic heterocycles. The number of allylic oxidation sites excluding steroid dienone is 1. The summed E-state index contributed by atoms with van der Waals surface area (Å²) in [5.74, 6) is 2.16. The topological polar surface area (TPSA) is 31.4 Å². The van der Waals surface area contributed by atoms with E-state index in [1.54, 1.807) is 0 Å². The van der Waals surface area contributed by atoms with Gasteiger partial charge in [0.1, 0.15) is 0 Å². The van der Waals surface area contributed by atoms with Crippen molar-refractivity contribution in [2.24, 2.45) is 17.3 Å². The summed E-state index contributed by atoms with van der Waals surface area (Å²) in [6.07, 6.45) is 12.1. The third kappa shape index (κ3) is 9.95. The zero-order valence-corrected chi connectivity index (χ0v) is 36.5. The maximum absolute atomic E-state index is 7.42. The van der Waals surface area contributed by atoms with Crippen molar-refractivity contribution in [2.75, 3.05) is 0 Å². The number of aryl methyl sites for hydroxylation is 2. The van der Waals surface area contributed by atoms with Crippen LogP contribution in [0.25, 0.3) is 33.3 Å². The van der Waals surface area contributed by atoms with Gasteiger partial charge in [-0.3, -0.25) is 0 Å². The van der Waals surface area contributed by atoms with E-state index in [-0.39, 0.29) is 46.4 Å². The fourth-order valence-electron chi connectivity index (χ4n) is 8.10. The molecule has 1 aromatic heterocycles. The number of benzene rings is 3. The van der Waals surface area contributed by atoms with Gasteiger partial charge in [0.25, 0.3) is 0 Å². The standard InChI is InChI=1S/C49H65INO2/c1-11-13-17-34-26-37-22-23-49(10,12-2)50-47-46(52-39(24-32(3)4)30-40(53-47)25-33(5)6)45(37)42(27-34)44-29-38(31-48(7,8)9)41-28-36(20-21-43(41)51-44)35-18-15-14-16-19-35/h14-16,18-21,26-30,32-33,40,46-47H,11-13,17,22-25,31H2,1-10H3/q-1/t40?,46-,47?,49?/m1/s1. The van der Waals surface area contributed by atoms with Crippen molar-refractivity contribution in [3.8, 4) is 22.4 Å². The number of pyridine rings is 1. The van der Waals surface area contributed by atoms with Gasteiger partial charge in [-0.1, -0.05) is 18.2 Å². The molecule has 3 nitrogen and oxygen atoms in total. The minimum absolute atomic E-state index is 0.0608. The quantitative estimate of drug-likeness (QED) is 0.112. The molecule has 286 valence electrons. The molecule has 0 fully saturated rings. The van der Waals surface area contributed by atoms with Gasteiger partial charge in [0.2, 0.25) is 0 Å². The molecule has 0 saturated carbocycles. The monoisotopic (exact) mass is 826 g/mol. The maximum atomic E-state index is 7.42. The van der Waals surface area contributed by atoms with Gasteiger partial charge in [-0.25, -0.2) is 0 Å². The van der Waals surface area contributed by atoms with Crippen LogP contribution in [0, 0.1) is 17.3 Å². The van der Waals surface area contributed by atoms with Gasteiger partial charge in [-0.05, 0) is 0 Å². The van der Waals surface area contributed by atoms with Crippen LogP contribution in [0.15, 0.2) is 78.6 Å². The van der Waals surface area contributed by atoms with Gasteiger partial charge in [0.05, 0.1) is 0 Å². The van der Waals surface area contributed by atoms with Crippen molar-refractivity contribution in [1.29, 1.82) is 0 Å². The summed E-state index contributed by atoms with van der Waals surface area (Å²) < 4.78 is 15.1. The van der Waals surface area contributed by atoms with Crippen molar-refractivity contribution in [3.63, 3.8) is 0 Å². The number of ether oxygens (including phenoxy) is 2. The first-order valence-corrected chi connectivity index (χ1v) is 22.9. The Balaban J connectivity index is 1.60. The summed E-state index contributed by atoms with van der Waals surface area (Å²) in [7, 11) is 0. The number of rotatable bonds is 11. The van der Waals surface area contributed by atoms with Crippen LogP contribution >= 0.6 is 0 Å². The Morgan fingerprint density at radius 2 is 1.70 bits per heavy atom. The van der Waals surface area contributed by atoms with E-state index in [2.05, 4.69) is 142 Å². The molecule has 4 heteroatoms. The van der Waals surface area contributed by atoms with E-state index < -0.39 is 0 Å². The number of hydrogen-bond acceptors (Lipinski definition) is 3. The molecular weight excluding hydrogens is 761 g/mol. The second-order valence-corrected chi connectivity index (χ2v) is 22.6. The van der Waals surface area contributed by atoms with Crippen molar-refractivity contribution in [1.82, 2.24) is 4.98 Å². The van der Waals surface area contributed by atoms with E-state index in [0.29, 0.717) is 11.8 Å². The SMILES string of the molecule is CCCCc1cc2c(c(-c3cc(CC(C)(C)C)c4cc(-c5ccccc5)ccc4n3)c1)[C@H]1OC(CC(C)C)=CC(CC(C)C)OC1[I-]C(C)(CC)CC2. The predicted molar refractivity (Wildman–Crippen MR) is 221 cm³/mol. The molecule has 3 heterocycles. The second-order valence-electron chi connectivity index (χ2n) is 18.1. The van der Waals surface area contributed by atoms with E-state index in [1.165, 1.54) is 70.0 Å². The summed E-state index contributed by atoms with van der Waals surface area (Å²) >= 11 is -0.361. The molecule has 3 unspecified atom stereocenters. The number of alkyl halides is 2. The van der Waals surface area contributed by atoms with E-state index >= 15 is 0 Å². The predicted octanol–water partition coefficient (Wildman–Crippen LogP) is 10.5. The Hall–Kier alpha value is -2.70. The van der Waals surface area contributed by atoms with Crippen LogP contribution in [0.5, 0.6) is 0 Å². The molecule has 0 amide bonds. The summed E-state index contributed by atoms with van der Waals surface area (Å²) in [4.78, 5) is 5.58. The van der Waals surface area contributed by atoms with Crippen LogP contribution in [0.3, 0.4) is 0 Å². The average molecular weight is 827 g/mol. The van der Waals surface area contributed by atoms with Gasteiger partial charge < -0.3 is 0 Å². The first-order chi connectivity index (χ1) is 25.2. The first-order valence-electron chi connectivity index (χ1n) is 20.6. The number of fused-ring (bicyclic) bond motifs is 4. The molecule has 2 aliphatic rings. The molecule has 4 atom stereocenters. The van der Waals surface area contributed by atoms with Crippen molar-refractivity contribution >= 4 is 10.9 Å². The third-order valence-electron chi connectivity index (χ3n) is 11.0. The Morgan fingerprint density at radius 3 is 2.38 bits per heavy atom. The van der Waals surface area contributed by atoms with E-state index in [0.717, 1.165) is 49.1 Å². The van der Waals surface area contributed by atoms with Crippen LogP contribution in [-0.2, 0) is 28.7 Å². The van der Waals surface area contributed by atoms with Gasteiger partial charge in [0, 0.05) is 0 Å². The Labute approximate surface area is 332 Å². The molecular formula is C49H65INO2-. The number of halogens is 1. The number of hydrogen-bond donors (Lipinski definition) is 0. The Kier molecular flexibility index (Phi) is 12.8. The van der Waals surface area contributed by atoms with Crippen molar-refractivity contribution in [3.05, 3.63) is 101 Å². The Bertz CT molecular complexity index is 1890. The fourth-order valence-corrected chi connectivity index (χ4v) is 12.0. The molecule has 0 saturated heterocycles. The summed E-state index contributed by atoms with van der Waals surface area (Å²) in [5.41, 5.74) is 11.6. The van der Waals surface area contributed by atoms with Gasteiger partial charge in [-0.15, -0.1) is 0 Å². The molecule has 0 bridgehead atoms. The van der Waals surface area contributed by atoms with Gasteiger partial charge in [-0.2, -0.15) is 0 Å². The van der Waals surface area contributed by atoms with Gasteiger partial charge in [0.15, 0.2) is 0 Å². The summed E-state index contributed by atoms with van der Waals surface area (Å²) in [5, 5.41) is 1.25. The average Bonchev–Trinajstić information content (AvgIpc) is 3.25. The first kappa shape index (κ1) is 40.0. The summed E-state index contributed by atoms with van der Waals surface area (Å²) in [6.45, 7) is 23.5. The Morgan fingerprint density at radius 1 is 0.925 bits per heavy atom. The minimum atomic E-state index is -0.361. The zero-order chi connectivity index (χ0) is 37.9. The number of aromatic nitrogens is 1. The molecule has 6 rings (SSSR count). The van der Waals surface area contributed by atoms with Crippen LogP contribution < -0.4 is 21.2 Å². The number of nitrogens with zero attached hydrogens (tertiary/aromatic N) is 1. The number of unbranched alkanes of at least 4 members (excludes halogenated alkanes) is 1. The molecule has 4 aromatic rings. The zero-order valence-electron chi connectivity index (χ0n) is 34.3. The fraction of sp³-hybridized carbons (Fsp3) is 0.531. The van der Waals surface area contributed by atoms with Crippen LogP contribution in [0.4, 0.5) is 0 Å². The van der Waals surface area contributed by atoms with Gasteiger partial charge >= 0.3 is 316 Å². The van der Waals surface area contributed by atoms with E-state index in [9.17, 15) is 0 Å². The molecule has 3 aromatic carbocycles. The van der Waals surface area contributed by atoms with Crippen LogP contribution in [0.2, 0.25) is 0 Å². The summed E-state index contributed by atoms with van der Waals surface area (Å²) in [6, 6.07) is 25.1. The third-order valence-corrected chi connectivity index (χ3v) is 15.3. The molecule has 0 radical (unpaired) electrons. The normalized spacial score (nSPS) is 22.3. The molecule has 0 N–H and O–H groups in total. The molecule has 0 spiro atoms. The van der Waals surface area contributed by atoms with Crippen molar-refractivity contribution < 1.29 is 30.7 Å². The molecule has 0 aliphatic carbocycles. The van der Waals surface area contributed by atoms with E-state index in [1.807, 2.05) is 0 Å². The van der Waals surface area contributed by atoms with Crippen molar-refractivity contribution in [2.45, 2.75) is 147 Å². The van der Waals surface area contributed by atoms with Crippen LogP contribution in [0.1, 0.15) is 136 Å². The molecule has 53 heavy (non-hydrogen) atoms.